The van der Waals surface area contributed by atoms with Gasteiger partial charge < -0.3 is 10.0 Å². The maximum Gasteiger partial charge on any atom is 0.0624 e. The zero-order valence-corrected chi connectivity index (χ0v) is 11.1. The number of aryl methyl sites for hydroxylation is 1. The monoisotopic (exact) mass is 233 g/mol. The summed E-state index contributed by atoms with van der Waals surface area (Å²) in [6.45, 7) is 8.40. The van der Waals surface area contributed by atoms with Crippen LogP contribution in [0.4, 0.5) is 5.69 Å². The van der Waals surface area contributed by atoms with Gasteiger partial charge in [0.2, 0.25) is 0 Å². The summed E-state index contributed by atoms with van der Waals surface area (Å²) >= 11 is 0. The summed E-state index contributed by atoms with van der Waals surface area (Å²) in [6, 6.07) is 8.61. The molecule has 94 valence electrons. The predicted octanol–water partition coefficient (Wildman–Crippen LogP) is 2.85. The van der Waals surface area contributed by atoms with Crippen molar-refractivity contribution in [1.29, 1.82) is 0 Å². The molecular formula is C15H23NO. The number of rotatable bonds is 2. The molecule has 17 heavy (non-hydrogen) atoms. The molecule has 1 unspecified atom stereocenters. The van der Waals surface area contributed by atoms with Gasteiger partial charge in [-0.1, -0.05) is 39.0 Å². The number of anilines is 1. The Hall–Kier alpha value is -1.02. The van der Waals surface area contributed by atoms with Crippen LogP contribution in [0.3, 0.4) is 0 Å². The van der Waals surface area contributed by atoms with Crippen molar-refractivity contribution in [3.8, 4) is 0 Å². The first-order chi connectivity index (χ1) is 8.04. The van der Waals surface area contributed by atoms with E-state index in [0.29, 0.717) is 0 Å². The quantitative estimate of drug-likeness (QED) is 0.849. The summed E-state index contributed by atoms with van der Waals surface area (Å²) < 4.78 is 0. The minimum Gasteiger partial charge on any atom is -0.392 e. The molecule has 0 saturated carbocycles. The van der Waals surface area contributed by atoms with Crippen LogP contribution >= 0.6 is 0 Å². The molecule has 1 aliphatic rings. The first kappa shape index (κ1) is 12.4. The first-order valence-corrected chi connectivity index (χ1v) is 6.55. The van der Waals surface area contributed by atoms with Crippen LogP contribution < -0.4 is 4.90 Å². The third-order valence-electron chi connectivity index (χ3n) is 3.89. The third kappa shape index (κ3) is 2.47. The summed E-state index contributed by atoms with van der Waals surface area (Å²) in [5.41, 5.74) is 2.73. The van der Waals surface area contributed by atoms with Crippen molar-refractivity contribution >= 4 is 5.69 Å². The van der Waals surface area contributed by atoms with Gasteiger partial charge in [0.1, 0.15) is 0 Å². The average molecular weight is 233 g/mol. The smallest absolute Gasteiger partial charge is 0.0624 e. The zero-order valence-electron chi connectivity index (χ0n) is 11.1. The molecule has 0 spiro atoms. The SMILES string of the molecule is CCc1ccccc1N1CCC(O)C(C)(C)C1. The molecule has 1 N–H and O–H groups in total. The van der Waals surface area contributed by atoms with E-state index in [4.69, 9.17) is 0 Å². The summed E-state index contributed by atoms with van der Waals surface area (Å²) in [4.78, 5) is 2.42. The molecule has 2 heteroatoms. The van der Waals surface area contributed by atoms with Gasteiger partial charge in [-0.2, -0.15) is 0 Å². The lowest BCUT2D eigenvalue weighted by molar-refractivity contribution is 0.0336. The molecular weight excluding hydrogens is 210 g/mol. The Balaban J connectivity index is 2.23. The van der Waals surface area contributed by atoms with Gasteiger partial charge in [0.25, 0.3) is 0 Å². The zero-order chi connectivity index (χ0) is 12.5. The van der Waals surface area contributed by atoms with Crippen LogP contribution in [0.2, 0.25) is 0 Å². The number of aliphatic hydroxyl groups is 1. The van der Waals surface area contributed by atoms with E-state index in [1.54, 1.807) is 0 Å². The van der Waals surface area contributed by atoms with Crippen LogP contribution in [0.15, 0.2) is 24.3 Å². The third-order valence-corrected chi connectivity index (χ3v) is 3.89. The average Bonchev–Trinajstić information content (AvgIpc) is 2.32. The van der Waals surface area contributed by atoms with Gasteiger partial charge in [-0.25, -0.2) is 0 Å². The van der Waals surface area contributed by atoms with E-state index in [-0.39, 0.29) is 11.5 Å². The van der Waals surface area contributed by atoms with Crippen molar-refractivity contribution in [2.24, 2.45) is 5.41 Å². The predicted molar refractivity (Wildman–Crippen MR) is 72.4 cm³/mol. The number of piperidine rings is 1. The standard InChI is InChI=1S/C15H23NO/c1-4-12-7-5-6-8-13(12)16-10-9-14(17)15(2,3)11-16/h5-8,14,17H,4,9-11H2,1-3H3. The molecule has 1 aromatic carbocycles. The van der Waals surface area contributed by atoms with Gasteiger partial charge in [0.15, 0.2) is 0 Å². The molecule has 1 atom stereocenters. The Morgan fingerprint density at radius 2 is 2.06 bits per heavy atom. The molecule has 1 aliphatic heterocycles. The second-order valence-corrected chi connectivity index (χ2v) is 5.70. The van der Waals surface area contributed by atoms with Gasteiger partial charge >= 0.3 is 0 Å². The molecule has 0 aliphatic carbocycles. The highest BCUT2D eigenvalue weighted by Crippen LogP contribution is 2.33. The maximum absolute atomic E-state index is 10.0. The minimum absolute atomic E-state index is 0.0148. The molecule has 1 saturated heterocycles. The summed E-state index contributed by atoms with van der Waals surface area (Å²) in [6.07, 6.45) is 1.76. The second-order valence-electron chi connectivity index (χ2n) is 5.70. The van der Waals surface area contributed by atoms with E-state index < -0.39 is 0 Å². The molecule has 0 bridgehead atoms. The number of hydrogen-bond acceptors (Lipinski definition) is 2. The molecule has 1 heterocycles. The van der Waals surface area contributed by atoms with Crippen molar-refractivity contribution in [2.75, 3.05) is 18.0 Å². The van der Waals surface area contributed by atoms with E-state index >= 15 is 0 Å². The fourth-order valence-corrected chi connectivity index (χ4v) is 2.67. The van der Waals surface area contributed by atoms with E-state index in [2.05, 4.69) is 49.9 Å². The van der Waals surface area contributed by atoms with Crippen molar-refractivity contribution in [3.05, 3.63) is 29.8 Å². The summed E-state index contributed by atoms with van der Waals surface area (Å²) in [5.74, 6) is 0. The number of nitrogens with zero attached hydrogens (tertiary/aromatic N) is 1. The van der Waals surface area contributed by atoms with Gasteiger partial charge in [0.05, 0.1) is 6.10 Å². The maximum atomic E-state index is 10.0. The highest BCUT2D eigenvalue weighted by Gasteiger charge is 2.34. The highest BCUT2D eigenvalue weighted by molar-refractivity contribution is 5.54. The Morgan fingerprint density at radius 1 is 1.35 bits per heavy atom. The number of para-hydroxylation sites is 1. The summed E-state index contributed by atoms with van der Waals surface area (Å²) in [5, 5.41) is 10.0. The van der Waals surface area contributed by atoms with Gasteiger partial charge in [-0.15, -0.1) is 0 Å². The van der Waals surface area contributed by atoms with Crippen molar-refractivity contribution in [2.45, 2.75) is 39.7 Å². The van der Waals surface area contributed by atoms with Gasteiger partial charge in [0, 0.05) is 24.2 Å². The van der Waals surface area contributed by atoms with Crippen molar-refractivity contribution in [3.63, 3.8) is 0 Å². The molecule has 1 fully saturated rings. The van der Waals surface area contributed by atoms with Crippen LogP contribution in [0, 0.1) is 5.41 Å². The Labute approximate surface area is 104 Å². The molecule has 1 aromatic rings. The topological polar surface area (TPSA) is 23.5 Å². The van der Waals surface area contributed by atoms with Gasteiger partial charge in [-0.05, 0) is 24.5 Å². The number of hydrogen-bond donors (Lipinski definition) is 1. The Bertz CT molecular complexity index is 386. The molecule has 0 amide bonds. The van der Waals surface area contributed by atoms with Crippen molar-refractivity contribution in [1.82, 2.24) is 0 Å². The lowest BCUT2D eigenvalue weighted by Gasteiger charge is -2.43. The number of aliphatic hydroxyl groups excluding tert-OH is 1. The Morgan fingerprint density at radius 3 is 2.71 bits per heavy atom. The van der Waals surface area contributed by atoms with Crippen LogP contribution in [0.1, 0.15) is 32.8 Å². The normalized spacial score (nSPS) is 23.8. The highest BCUT2D eigenvalue weighted by atomic mass is 16.3. The fourth-order valence-electron chi connectivity index (χ4n) is 2.67. The van der Waals surface area contributed by atoms with Crippen LogP contribution in [-0.4, -0.2) is 24.3 Å². The fraction of sp³-hybridized carbons (Fsp3) is 0.600. The van der Waals surface area contributed by atoms with Crippen LogP contribution in [0.5, 0.6) is 0 Å². The minimum atomic E-state index is -0.174. The molecule has 0 aromatic heterocycles. The molecule has 0 radical (unpaired) electrons. The molecule has 2 rings (SSSR count). The first-order valence-electron chi connectivity index (χ1n) is 6.55. The van der Waals surface area contributed by atoms with Crippen LogP contribution in [-0.2, 0) is 6.42 Å². The van der Waals surface area contributed by atoms with E-state index in [9.17, 15) is 5.11 Å². The largest absolute Gasteiger partial charge is 0.392 e. The second kappa shape index (κ2) is 4.69. The van der Waals surface area contributed by atoms with Crippen LogP contribution in [0.25, 0.3) is 0 Å². The molecule has 2 nitrogen and oxygen atoms in total. The van der Waals surface area contributed by atoms with Gasteiger partial charge in [-0.3, -0.25) is 0 Å². The number of benzene rings is 1. The van der Waals surface area contributed by atoms with E-state index in [0.717, 1.165) is 25.9 Å². The van der Waals surface area contributed by atoms with Crippen molar-refractivity contribution < 1.29 is 5.11 Å². The lowest BCUT2D eigenvalue weighted by Crippen LogP contribution is -2.48. The van der Waals surface area contributed by atoms with E-state index in [1.807, 2.05) is 0 Å². The Kier molecular flexibility index (Phi) is 3.43. The van der Waals surface area contributed by atoms with E-state index in [1.165, 1.54) is 11.3 Å². The lowest BCUT2D eigenvalue weighted by atomic mass is 9.81. The summed E-state index contributed by atoms with van der Waals surface area (Å²) in [7, 11) is 0.